The van der Waals surface area contributed by atoms with E-state index in [1.54, 1.807) is 36.1 Å². The quantitative estimate of drug-likeness (QED) is 0.649. The Kier molecular flexibility index (Phi) is 5.99. The van der Waals surface area contributed by atoms with Crippen LogP contribution in [-0.4, -0.2) is 39.9 Å². The minimum atomic E-state index is -0.535. The molecule has 4 rings (SSSR count). The van der Waals surface area contributed by atoms with E-state index in [0.29, 0.717) is 48.9 Å². The summed E-state index contributed by atoms with van der Waals surface area (Å²) in [6, 6.07) is 11.1. The summed E-state index contributed by atoms with van der Waals surface area (Å²) < 4.78 is 18.2. The summed E-state index contributed by atoms with van der Waals surface area (Å²) >= 11 is 5.76. The Bertz CT molecular complexity index is 1110. The number of aryl methyl sites for hydroxylation is 1. The van der Waals surface area contributed by atoms with Crippen molar-refractivity contribution in [2.75, 3.05) is 18.4 Å². The number of halogens is 2. The summed E-state index contributed by atoms with van der Waals surface area (Å²) in [4.78, 5) is 31.2. The topological polar surface area (TPSA) is 88.3 Å². The van der Waals surface area contributed by atoms with Crippen LogP contribution in [0.2, 0.25) is 5.02 Å². The van der Waals surface area contributed by atoms with Crippen LogP contribution in [0.15, 0.2) is 47.0 Å². The maximum Gasteiger partial charge on any atom is 0.253 e. The van der Waals surface area contributed by atoms with Crippen molar-refractivity contribution in [3.8, 4) is 11.4 Å². The lowest BCUT2D eigenvalue weighted by molar-refractivity contribution is -0.121. The van der Waals surface area contributed by atoms with Gasteiger partial charge in [0.15, 0.2) is 0 Å². The number of carbonyl (C=O) groups is 2. The Hall–Kier alpha value is -3.26. The molecule has 1 saturated heterocycles. The van der Waals surface area contributed by atoms with Crippen LogP contribution in [-0.2, 0) is 4.79 Å². The van der Waals surface area contributed by atoms with Gasteiger partial charge >= 0.3 is 0 Å². The molecule has 1 fully saturated rings. The smallest absolute Gasteiger partial charge is 0.253 e. The molecule has 0 aliphatic carbocycles. The molecule has 1 aliphatic rings. The summed E-state index contributed by atoms with van der Waals surface area (Å²) in [5.41, 5.74) is 1.78. The molecule has 2 aromatic carbocycles. The molecule has 0 radical (unpaired) electrons. The highest BCUT2D eigenvalue weighted by atomic mass is 35.5. The van der Waals surface area contributed by atoms with Crippen LogP contribution in [0, 0.1) is 18.7 Å². The Morgan fingerprint density at radius 2 is 1.87 bits per heavy atom. The van der Waals surface area contributed by atoms with Crippen molar-refractivity contribution in [1.29, 1.82) is 0 Å². The predicted molar refractivity (Wildman–Crippen MR) is 113 cm³/mol. The number of anilines is 1. The highest BCUT2D eigenvalue weighted by Crippen LogP contribution is 2.24. The van der Waals surface area contributed by atoms with E-state index in [9.17, 15) is 14.0 Å². The van der Waals surface area contributed by atoms with Crippen LogP contribution in [0.5, 0.6) is 0 Å². The molecule has 2 amide bonds. The van der Waals surface area contributed by atoms with Gasteiger partial charge in [-0.05, 0) is 43.2 Å². The number of hydrogen-bond donors (Lipinski definition) is 1. The summed E-state index contributed by atoms with van der Waals surface area (Å²) in [7, 11) is 0. The molecule has 7 nitrogen and oxygen atoms in total. The van der Waals surface area contributed by atoms with Crippen LogP contribution in [0.1, 0.15) is 29.1 Å². The largest absolute Gasteiger partial charge is 0.339 e. The molecule has 0 bridgehead atoms. The van der Waals surface area contributed by atoms with E-state index in [0.717, 1.165) is 5.56 Å². The van der Waals surface area contributed by atoms with Gasteiger partial charge in [-0.3, -0.25) is 9.59 Å². The Morgan fingerprint density at radius 3 is 2.48 bits per heavy atom. The molecule has 0 saturated carbocycles. The molecule has 0 spiro atoms. The zero-order chi connectivity index (χ0) is 22.0. The molecule has 160 valence electrons. The third-order valence-electron chi connectivity index (χ3n) is 5.26. The second-order valence-electron chi connectivity index (χ2n) is 7.40. The average Bonchev–Trinajstić information content (AvgIpc) is 3.22. The maximum atomic E-state index is 13.3. The third kappa shape index (κ3) is 4.74. The maximum absolute atomic E-state index is 13.3. The van der Waals surface area contributed by atoms with Crippen molar-refractivity contribution in [3.63, 3.8) is 0 Å². The normalized spacial score (nSPS) is 14.5. The lowest BCUT2D eigenvalue weighted by atomic mass is 9.95. The Labute approximate surface area is 183 Å². The van der Waals surface area contributed by atoms with Gasteiger partial charge in [-0.2, -0.15) is 4.98 Å². The monoisotopic (exact) mass is 442 g/mol. The van der Waals surface area contributed by atoms with Crippen LogP contribution < -0.4 is 5.32 Å². The van der Waals surface area contributed by atoms with E-state index >= 15 is 0 Å². The number of hydrogen-bond acceptors (Lipinski definition) is 5. The molecule has 31 heavy (non-hydrogen) atoms. The van der Waals surface area contributed by atoms with Crippen LogP contribution in [0.4, 0.5) is 10.1 Å². The predicted octanol–water partition coefficient (Wildman–Crippen LogP) is 4.33. The molecule has 3 aromatic rings. The molecular formula is C22H20ClFN4O3. The van der Waals surface area contributed by atoms with Gasteiger partial charge in [0.25, 0.3) is 5.91 Å². The van der Waals surface area contributed by atoms with Gasteiger partial charge in [-0.1, -0.05) is 28.9 Å². The fourth-order valence-electron chi connectivity index (χ4n) is 3.52. The van der Waals surface area contributed by atoms with Crippen LogP contribution in [0.25, 0.3) is 11.4 Å². The zero-order valence-corrected chi connectivity index (χ0v) is 17.5. The van der Waals surface area contributed by atoms with E-state index in [4.69, 9.17) is 16.1 Å². The first-order valence-corrected chi connectivity index (χ1v) is 10.2. The van der Waals surface area contributed by atoms with E-state index in [-0.39, 0.29) is 22.8 Å². The van der Waals surface area contributed by atoms with Crippen molar-refractivity contribution < 1.29 is 18.5 Å². The summed E-state index contributed by atoms with van der Waals surface area (Å²) in [5.74, 6) is -0.0476. The summed E-state index contributed by atoms with van der Waals surface area (Å²) in [5, 5.41) is 6.59. The van der Waals surface area contributed by atoms with Gasteiger partial charge in [0.2, 0.25) is 17.6 Å². The van der Waals surface area contributed by atoms with Crippen molar-refractivity contribution in [2.24, 2.45) is 5.92 Å². The van der Waals surface area contributed by atoms with Crippen molar-refractivity contribution >= 4 is 29.1 Å². The first-order chi connectivity index (χ1) is 14.9. The Balaban J connectivity index is 1.33. The first kappa shape index (κ1) is 21.0. The minimum Gasteiger partial charge on any atom is -0.339 e. The van der Waals surface area contributed by atoms with Gasteiger partial charge in [-0.15, -0.1) is 0 Å². The van der Waals surface area contributed by atoms with E-state index in [2.05, 4.69) is 15.5 Å². The van der Waals surface area contributed by atoms with Crippen molar-refractivity contribution in [1.82, 2.24) is 15.0 Å². The highest BCUT2D eigenvalue weighted by molar-refractivity contribution is 6.31. The molecule has 9 heteroatoms. The average molecular weight is 443 g/mol. The lowest BCUT2D eigenvalue weighted by Crippen LogP contribution is -2.41. The molecule has 1 aromatic heterocycles. The summed E-state index contributed by atoms with van der Waals surface area (Å²) in [6.45, 7) is 2.67. The number of piperidine rings is 1. The number of benzene rings is 2. The van der Waals surface area contributed by atoms with Gasteiger partial charge in [-0.25, -0.2) is 4.39 Å². The first-order valence-electron chi connectivity index (χ1n) is 9.86. The fourth-order valence-corrected chi connectivity index (χ4v) is 3.70. The van der Waals surface area contributed by atoms with E-state index in [1.807, 2.05) is 0 Å². The van der Waals surface area contributed by atoms with E-state index < -0.39 is 5.82 Å². The molecule has 2 heterocycles. The summed E-state index contributed by atoms with van der Waals surface area (Å²) in [6.07, 6.45) is 1.10. The standard InChI is InChI=1S/C22H20ClFN4O3/c1-13-25-20(27-31-13)14-2-4-16(5-3-14)22(30)28-10-8-15(9-11-28)21(29)26-17-6-7-19(24)18(23)12-17/h2-7,12,15H,8-11H2,1H3,(H,26,29). The number of rotatable bonds is 4. The molecule has 1 aliphatic heterocycles. The van der Waals surface area contributed by atoms with Crippen LogP contribution >= 0.6 is 11.6 Å². The highest BCUT2D eigenvalue weighted by Gasteiger charge is 2.28. The fraction of sp³-hybridized carbons (Fsp3) is 0.273. The number of aromatic nitrogens is 2. The minimum absolute atomic E-state index is 0.0429. The third-order valence-corrected chi connectivity index (χ3v) is 5.55. The van der Waals surface area contributed by atoms with Gasteiger partial charge in [0.05, 0.1) is 5.02 Å². The zero-order valence-electron chi connectivity index (χ0n) is 16.8. The lowest BCUT2D eigenvalue weighted by Gasteiger charge is -2.31. The molecule has 0 atom stereocenters. The number of nitrogens with zero attached hydrogens (tertiary/aromatic N) is 3. The SMILES string of the molecule is Cc1nc(-c2ccc(C(=O)N3CCC(C(=O)Nc4ccc(F)c(Cl)c4)CC3)cc2)no1. The van der Waals surface area contributed by atoms with Gasteiger partial charge in [0, 0.05) is 42.7 Å². The number of likely N-dealkylation sites (tertiary alicyclic amines) is 1. The van der Waals surface area contributed by atoms with Crippen molar-refractivity contribution in [3.05, 3.63) is 64.8 Å². The number of carbonyl (C=O) groups excluding carboxylic acids is 2. The second kappa shape index (κ2) is 8.85. The van der Waals surface area contributed by atoms with Gasteiger partial charge in [0.1, 0.15) is 5.82 Å². The molecule has 1 N–H and O–H groups in total. The molecule has 0 unspecified atom stereocenters. The van der Waals surface area contributed by atoms with Crippen LogP contribution in [0.3, 0.4) is 0 Å². The number of nitrogens with one attached hydrogen (secondary N) is 1. The van der Waals surface area contributed by atoms with Crippen molar-refractivity contribution in [2.45, 2.75) is 19.8 Å². The van der Waals surface area contributed by atoms with Gasteiger partial charge < -0.3 is 14.7 Å². The second-order valence-corrected chi connectivity index (χ2v) is 7.81. The Morgan fingerprint density at radius 1 is 1.16 bits per heavy atom. The molecular weight excluding hydrogens is 423 g/mol. The number of amides is 2. The van der Waals surface area contributed by atoms with E-state index in [1.165, 1.54) is 18.2 Å².